The molecule has 0 saturated heterocycles. The van der Waals surface area contributed by atoms with E-state index in [2.05, 4.69) is 45.5 Å². The fraction of sp³-hybridized carbons (Fsp3) is 0.167. The van der Waals surface area contributed by atoms with E-state index in [-0.39, 0.29) is 12.3 Å². The highest BCUT2D eigenvalue weighted by Crippen LogP contribution is 2.33. The van der Waals surface area contributed by atoms with Gasteiger partial charge in [0.1, 0.15) is 6.61 Å². The predicted octanol–water partition coefficient (Wildman–Crippen LogP) is 5.04. The Morgan fingerprint density at radius 1 is 1.03 bits per heavy atom. The molecule has 0 fully saturated rings. The number of carbonyl (C=O) groups is 1. The van der Waals surface area contributed by atoms with Gasteiger partial charge in [0, 0.05) is 10.0 Å². The van der Waals surface area contributed by atoms with Crippen molar-refractivity contribution in [3.05, 3.63) is 93.5 Å². The first-order valence-electron chi connectivity index (χ1n) is 9.47. The Hall–Kier alpha value is -3.12. The molecule has 0 aliphatic rings. The highest BCUT2D eigenvalue weighted by molar-refractivity contribution is 9.10. The van der Waals surface area contributed by atoms with Crippen molar-refractivity contribution in [3.8, 4) is 11.5 Å². The van der Waals surface area contributed by atoms with E-state index >= 15 is 0 Å². The molecule has 3 rings (SSSR count). The normalized spacial score (nSPS) is 10.8. The second-order valence-electron chi connectivity index (χ2n) is 6.75. The molecule has 0 spiro atoms. The molecule has 5 nitrogen and oxygen atoms in total. The smallest absolute Gasteiger partial charge is 0.244 e. The minimum atomic E-state index is -0.182. The van der Waals surface area contributed by atoms with Gasteiger partial charge in [0.15, 0.2) is 11.5 Å². The third-order valence-corrected chi connectivity index (χ3v) is 5.09. The average molecular weight is 467 g/mol. The van der Waals surface area contributed by atoms with Crippen LogP contribution in [-0.2, 0) is 17.8 Å². The lowest BCUT2D eigenvalue weighted by atomic mass is 10.1. The zero-order chi connectivity index (χ0) is 21.3. The lowest BCUT2D eigenvalue weighted by Gasteiger charge is -2.13. The molecule has 0 aliphatic carbocycles. The maximum absolute atomic E-state index is 12.0. The fourth-order valence-electron chi connectivity index (χ4n) is 2.76. The van der Waals surface area contributed by atoms with E-state index in [1.54, 1.807) is 19.4 Å². The summed E-state index contributed by atoms with van der Waals surface area (Å²) in [7, 11) is 1.59. The molecule has 0 saturated carbocycles. The van der Waals surface area contributed by atoms with Crippen LogP contribution in [-0.4, -0.2) is 19.2 Å². The second-order valence-corrected chi connectivity index (χ2v) is 7.61. The zero-order valence-corrected chi connectivity index (χ0v) is 18.5. The van der Waals surface area contributed by atoms with E-state index in [1.807, 2.05) is 48.5 Å². The van der Waals surface area contributed by atoms with Gasteiger partial charge >= 0.3 is 0 Å². The van der Waals surface area contributed by atoms with Crippen molar-refractivity contribution < 1.29 is 14.3 Å². The van der Waals surface area contributed by atoms with Gasteiger partial charge in [0.25, 0.3) is 0 Å². The van der Waals surface area contributed by atoms with Crippen LogP contribution in [0.25, 0.3) is 0 Å². The van der Waals surface area contributed by atoms with Gasteiger partial charge in [-0.15, -0.1) is 0 Å². The third kappa shape index (κ3) is 6.19. The number of rotatable bonds is 8. The quantitative estimate of drug-likeness (QED) is 0.373. The highest BCUT2D eigenvalue weighted by Gasteiger charge is 2.10. The predicted molar refractivity (Wildman–Crippen MR) is 122 cm³/mol. The lowest BCUT2D eigenvalue weighted by molar-refractivity contribution is -0.120. The number of hydrogen-bond donors (Lipinski definition) is 1. The van der Waals surface area contributed by atoms with Gasteiger partial charge in [0.2, 0.25) is 5.91 Å². The second kappa shape index (κ2) is 10.6. The monoisotopic (exact) mass is 466 g/mol. The van der Waals surface area contributed by atoms with Crippen LogP contribution in [0.4, 0.5) is 0 Å². The molecular weight excluding hydrogens is 444 g/mol. The summed E-state index contributed by atoms with van der Waals surface area (Å²) in [6, 6.07) is 21.3. The van der Waals surface area contributed by atoms with Gasteiger partial charge in [-0.25, -0.2) is 5.43 Å². The Balaban J connectivity index is 1.63. The van der Waals surface area contributed by atoms with Crippen LogP contribution in [0.3, 0.4) is 0 Å². The molecule has 0 aromatic heterocycles. The third-order valence-electron chi connectivity index (χ3n) is 4.40. The molecule has 30 heavy (non-hydrogen) atoms. The Kier molecular flexibility index (Phi) is 7.63. The number of aryl methyl sites for hydroxylation is 1. The minimum Gasteiger partial charge on any atom is -0.493 e. The van der Waals surface area contributed by atoms with Gasteiger partial charge in [-0.1, -0.05) is 60.2 Å². The van der Waals surface area contributed by atoms with E-state index in [0.29, 0.717) is 18.1 Å². The maximum Gasteiger partial charge on any atom is 0.244 e. The van der Waals surface area contributed by atoms with Gasteiger partial charge in [0.05, 0.1) is 19.7 Å². The summed E-state index contributed by atoms with van der Waals surface area (Å²) in [5.41, 5.74) is 6.52. The van der Waals surface area contributed by atoms with Crippen molar-refractivity contribution in [3.63, 3.8) is 0 Å². The first-order valence-corrected chi connectivity index (χ1v) is 10.3. The molecule has 0 heterocycles. The van der Waals surface area contributed by atoms with E-state index in [9.17, 15) is 4.79 Å². The Morgan fingerprint density at radius 3 is 2.47 bits per heavy atom. The topological polar surface area (TPSA) is 59.9 Å². The van der Waals surface area contributed by atoms with Gasteiger partial charge in [-0.3, -0.25) is 4.79 Å². The van der Waals surface area contributed by atoms with Crippen molar-refractivity contribution in [2.45, 2.75) is 20.0 Å². The lowest BCUT2D eigenvalue weighted by Crippen LogP contribution is -2.19. The Bertz CT molecular complexity index is 1020. The van der Waals surface area contributed by atoms with Crippen molar-refractivity contribution >= 4 is 28.1 Å². The summed E-state index contributed by atoms with van der Waals surface area (Å²) < 4.78 is 12.2. The fourth-order valence-corrected chi connectivity index (χ4v) is 3.19. The molecule has 0 bridgehead atoms. The molecule has 3 aromatic rings. The number of halogens is 1. The standard InChI is InChI=1S/C24H23BrN2O3/c1-17-8-10-19(11-9-17)16-30-23-14-21(25)20(13-22(23)29-2)15-26-27-24(28)12-18-6-4-3-5-7-18/h3-11,13-15H,12,16H2,1-2H3,(H,27,28)/b26-15+. The number of methoxy groups -OCH3 is 1. The highest BCUT2D eigenvalue weighted by atomic mass is 79.9. The summed E-state index contributed by atoms with van der Waals surface area (Å²) in [5, 5.41) is 4.05. The molecule has 1 amide bonds. The van der Waals surface area contributed by atoms with E-state index in [1.165, 1.54) is 5.56 Å². The largest absolute Gasteiger partial charge is 0.493 e. The Morgan fingerprint density at radius 2 is 1.77 bits per heavy atom. The molecule has 3 aromatic carbocycles. The molecule has 0 radical (unpaired) electrons. The van der Waals surface area contributed by atoms with Gasteiger partial charge < -0.3 is 9.47 Å². The molecule has 1 N–H and O–H groups in total. The van der Waals surface area contributed by atoms with Crippen LogP contribution in [0.5, 0.6) is 11.5 Å². The van der Waals surface area contributed by atoms with Crippen LogP contribution >= 0.6 is 15.9 Å². The van der Waals surface area contributed by atoms with Crippen molar-refractivity contribution in [1.82, 2.24) is 5.43 Å². The molecule has 154 valence electrons. The molecule has 0 atom stereocenters. The van der Waals surface area contributed by atoms with Crippen LogP contribution < -0.4 is 14.9 Å². The molecule has 0 unspecified atom stereocenters. The van der Waals surface area contributed by atoms with E-state index in [4.69, 9.17) is 9.47 Å². The molecular formula is C24H23BrN2O3. The van der Waals surface area contributed by atoms with Crippen LogP contribution in [0.2, 0.25) is 0 Å². The summed E-state index contributed by atoms with van der Waals surface area (Å²) in [6.07, 6.45) is 1.84. The van der Waals surface area contributed by atoms with Crippen LogP contribution in [0.15, 0.2) is 76.3 Å². The first kappa shape index (κ1) is 21.6. The zero-order valence-electron chi connectivity index (χ0n) is 16.9. The van der Waals surface area contributed by atoms with Gasteiger partial charge in [-0.05, 0) is 46.1 Å². The average Bonchev–Trinajstić information content (AvgIpc) is 2.75. The number of nitrogens with one attached hydrogen (secondary N) is 1. The van der Waals surface area contributed by atoms with Crippen LogP contribution in [0, 0.1) is 6.92 Å². The summed E-state index contributed by atoms with van der Waals surface area (Å²) >= 11 is 3.53. The van der Waals surface area contributed by atoms with E-state index in [0.717, 1.165) is 21.2 Å². The summed E-state index contributed by atoms with van der Waals surface area (Å²) in [6.45, 7) is 2.49. The SMILES string of the molecule is COc1cc(/C=N/NC(=O)Cc2ccccc2)c(Br)cc1OCc1ccc(C)cc1. The van der Waals surface area contributed by atoms with Crippen molar-refractivity contribution in [2.75, 3.05) is 7.11 Å². The summed E-state index contributed by atoms with van der Waals surface area (Å²) in [5.74, 6) is 1.02. The maximum atomic E-state index is 12.0. The number of benzene rings is 3. The first-order chi connectivity index (χ1) is 14.5. The van der Waals surface area contributed by atoms with Crippen molar-refractivity contribution in [1.29, 1.82) is 0 Å². The number of ether oxygens (including phenoxy) is 2. The number of hydrogen-bond acceptors (Lipinski definition) is 4. The minimum absolute atomic E-state index is 0.182. The Labute approximate surface area is 184 Å². The van der Waals surface area contributed by atoms with Gasteiger partial charge in [-0.2, -0.15) is 5.10 Å². The number of nitrogens with zero attached hydrogens (tertiary/aromatic N) is 1. The molecule has 6 heteroatoms. The van der Waals surface area contributed by atoms with Crippen molar-refractivity contribution in [2.24, 2.45) is 5.10 Å². The molecule has 0 aliphatic heterocycles. The summed E-state index contributed by atoms with van der Waals surface area (Å²) in [4.78, 5) is 12.0. The number of hydrazone groups is 1. The number of amides is 1. The van der Waals surface area contributed by atoms with E-state index < -0.39 is 0 Å². The number of carbonyl (C=O) groups excluding carboxylic acids is 1. The van der Waals surface area contributed by atoms with Crippen LogP contribution in [0.1, 0.15) is 22.3 Å².